The van der Waals surface area contributed by atoms with E-state index in [2.05, 4.69) is 21.2 Å². The number of nitro benzene ring substituents is 1. The second-order valence-electron chi connectivity index (χ2n) is 5.16. The Morgan fingerprint density at radius 1 is 1.40 bits per heavy atom. The summed E-state index contributed by atoms with van der Waals surface area (Å²) < 4.78 is 6.71. The van der Waals surface area contributed by atoms with E-state index in [9.17, 15) is 10.1 Å². The minimum atomic E-state index is -0.374. The van der Waals surface area contributed by atoms with Crippen LogP contribution in [0.15, 0.2) is 16.6 Å². The third kappa shape index (κ3) is 3.30. The van der Waals surface area contributed by atoms with Crippen molar-refractivity contribution in [1.29, 1.82) is 0 Å². The van der Waals surface area contributed by atoms with Crippen molar-refractivity contribution in [2.45, 2.75) is 44.8 Å². The molecule has 0 saturated heterocycles. The first-order chi connectivity index (χ1) is 9.52. The minimum absolute atomic E-state index is 0.109. The summed E-state index contributed by atoms with van der Waals surface area (Å²) in [5.41, 5.74) is 0.725. The number of ether oxygens (including phenoxy) is 1. The van der Waals surface area contributed by atoms with E-state index in [0.717, 1.165) is 19.3 Å². The molecule has 1 fully saturated rings. The number of benzene rings is 1. The highest BCUT2D eigenvalue weighted by Gasteiger charge is 2.26. The molecule has 20 heavy (non-hydrogen) atoms. The molecule has 0 aliphatic heterocycles. The van der Waals surface area contributed by atoms with Crippen LogP contribution in [0.3, 0.4) is 0 Å². The highest BCUT2D eigenvalue weighted by Crippen LogP contribution is 2.34. The number of nitrogens with zero attached hydrogens (tertiary/aromatic N) is 1. The van der Waals surface area contributed by atoms with Crippen LogP contribution in [0, 0.1) is 17.0 Å². The van der Waals surface area contributed by atoms with Crippen molar-refractivity contribution in [3.8, 4) is 5.75 Å². The van der Waals surface area contributed by atoms with Crippen LogP contribution in [0.2, 0.25) is 0 Å². The number of hydrogen-bond donors (Lipinski definition) is 1. The Hall–Kier alpha value is -1.14. The Kier molecular flexibility index (Phi) is 4.99. The molecule has 2 atom stereocenters. The summed E-state index contributed by atoms with van der Waals surface area (Å²) in [5, 5.41) is 14.2. The molecular formula is C14H19BrN2O3. The molecule has 1 N–H and O–H groups in total. The maximum atomic E-state index is 10.9. The Morgan fingerprint density at radius 3 is 2.75 bits per heavy atom. The molecule has 2 rings (SSSR count). The smallest absolute Gasteiger partial charge is 0.273 e. The number of nitrogens with one attached hydrogen (secondary N) is 1. The SMILES string of the molecule is CNC1CCCCC1Oc1cc(C)c([N+](=O)[O-])cc1Br. The van der Waals surface area contributed by atoms with Gasteiger partial charge in [0.05, 0.1) is 9.40 Å². The highest BCUT2D eigenvalue weighted by molar-refractivity contribution is 9.10. The van der Waals surface area contributed by atoms with Crippen molar-refractivity contribution in [2.24, 2.45) is 0 Å². The zero-order chi connectivity index (χ0) is 14.7. The molecule has 0 aromatic heterocycles. The van der Waals surface area contributed by atoms with Crippen LogP contribution in [0.25, 0.3) is 0 Å². The molecular weight excluding hydrogens is 324 g/mol. The van der Waals surface area contributed by atoms with Gasteiger partial charge in [0.25, 0.3) is 5.69 Å². The van der Waals surface area contributed by atoms with Crippen molar-refractivity contribution < 1.29 is 9.66 Å². The molecule has 5 nitrogen and oxygen atoms in total. The summed E-state index contributed by atoms with van der Waals surface area (Å²) in [5.74, 6) is 0.681. The second kappa shape index (κ2) is 6.54. The van der Waals surface area contributed by atoms with Gasteiger partial charge in [-0.15, -0.1) is 0 Å². The van der Waals surface area contributed by atoms with Gasteiger partial charge >= 0.3 is 0 Å². The normalized spacial score (nSPS) is 22.6. The summed E-state index contributed by atoms with van der Waals surface area (Å²) in [4.78, 5) is 10.5. The molecule has 0 spiro atoms. The van der Waals surface area contributed by atoms with E-state index in [-0.39, 0.29) is 16.7 Å². The molecule has 0 bridgehead atoms. The fourth-order valence-electron chi connectivity index (χ4n) is 2.66. The molecule has 0 amide bonds. The minimum Gasteiger partial charge on any atom is -0.488 e. The number of hydrogen-bond acceptors (Lipinski definition) is 4. The van der Waals surface area contributed by atoms with Gasteiger partial charge in [-0.2, -0.15) is 0 Å². The predicted octanol–water partition coefficient (Wildman–Crippen LogP) is 3.58. The van der Waals surface area contributed by atoms with Crippen LogP contribution in [-0.2, 0) is 0 Å². The molecule has 6 heteroatoms. The molecule has 0 radical (unpaired) electrons. The molecule has 1 aromatic rings. The molecule has 1 aliphatic rings. The highest BCUT2D eigenvalue weighted by atomic mass is 79.9. The van der Waals surface area contributed by atoms with Gasteiger partial charge in [-0.3, -0.25) is 10.1 Å². The summed E-state index contributed by atoms with van der Waals surface area (Å²) in [6.45, 7) is 1.73. The molecule has 1 saturated carbocycles. The fourth-order valence-corrected chi connectivity index (χ4v) is 3.09. The van der Waals surface area contributed by atoms with E-state index in [4.69, 9.17) is 4.74 Å². The third-order valence-corrected chi connectivity index (χ3v) is 4.42. The average molecular weight is 343 g/mol. The Balaban J connectivity index is 2.20. The lowest BCUT2D eigenvalue weighted by Crippen LogP contribution is -2.43. The number of aryl methyl sites for hydroxylation is 1. The Labute approximate surface area is 127 Å². The monoisotopic (exact) mass is 342 g/mol. The van der Waals surface area contributed by atoms with Crippen molar-refractivity contribution in [3.63, 3.8) is 0 Å². The first kappa shape index (κ1) is 15.3. The van der Waals surface area contributed by atoms with Crippen molar-refractivity contribution in [1.82, 2.24) is 5.32 Å². The first-order valence-corrected chi connectivity index (χ1v) is 7.60. The van der Waals surface area contributed by atoms with Crippen LogP contribution >= 0.6 is 15.9 Å². The fraction of sp³-hybridized carbons (Fsp3) is 0.571. The lowest BCUT2D eigenvalue weighted by Gasteiger charge is -2.32. The topological polar surface area (TPSA) is 64.4 Å². The zero-order valence-corrected chi connectivity index (χ0v) is 13.3. The molecule has 110 valence electrons. The Bertz CT molecular complexity index is 507. The quantitative estimate of drug-likeness (QED) is 0.670. The van der Waals surface area contributed by atoms with E-state index in [0.29, 0.717) is 21.8 Å². The summed E-state index contributed by atoms with van der Waals surface area (Å²) in [6, 6.07) is 3.59. The lowest BCUT2D eigenvalue weighted by molar-refractivity contribution is -0.385. The molecule has 1 aliphatic carbocycles. The molecule has 0 heterocycles. The van der Waals surface area contributed by atoms with Gasteiger partial charge in [-0.1, -0.05) is 6.42 Å². The van der Waals surface area contributed by atoms with Gasteiger partial charge in [0.2, 0.25) is 0 Å². The molecule has 2 unspecified atom stereocenters. The maximum absolute atomic E-state index is 10.9. The van der Waals surface area contributed by atoms with Gasteiger partial charge in [0, 0.05) is 17.7 Å². The standard InChI is InChI=1S/C14H19BrN2O3/c1-9-7-14(10(15)8-12(9)17(18)19)20-13-6-4-3-5-11(13)16-2/h7-8,11,13,16H,3-6H2,1-2H3. The van der Waals surface area contributed by atoms with E-state index >= 15 is 0 Å². The van der Waals surface area contributed by atoms with E-state index in [1.807, 2.05) is 7.05 Å². The van der Waals surface area contributed by atoms with Gasteiger partial charge < -0.3 is 10.1 Å². The molecule has 1 aromatic carbocycles. The van der Waals surface area contributed by atoms with Gasteiger partial charge in [-0.05, 0) is 55.2 Å². The summed E-state index contributed by atoms with van der Waals surface area (Å²) in [6.07, 6.45) is 4.60. The van der Waals surface area contributed by atoms with Crippen LogP contribution in [0.5, 0.6) is 5.75 Å². The van der Waals surface area contributed by atoms with Crippen LogP contribution < -0.4 is 10.1 Å². The van der Waals surface area contributed by atoms with E-state index in [1.54, 1.807) is 13.0 Å². The zero-order valence-electron chi connectivity index (χ0n) is 11.7. The first-order valence-electron chi connectivity index (χ1n) is 6.81. The summed E-state index contributed by atoms with van der Waals surface area (Å²) >= 11 is 3.37. The second-order valence-corrected chi connectivity index (χ2v) is 6.02. The number of rotatable bonds is 4. The lowest BCUT2D eigenvalue weighted by atomic mass is 9.92. The van der Waals surface area contributed by atoms with Crippen molar-refractivity contribution >= 4 is 21.6 Å². The number of nitro groups is 1. The number of likely N-dealkylation sites (N-methyl/N-ethyl adjacent to an activating group) is 1. The van der Waals surface area contributed by atoms with Gasteiger partial charge in [0.1, 0.15) is 11.9 Å². The van der Waals surface area contributed by atoms with Crippen LogP contribution in [0.1, 0.15) is 31.2 Å². The Morgan fingerprint density at radius 2 is 2.10 bits per heavy atom. The summed E-state index contributed by atoms with van der Waals surface area (Å²) in [7, 11) is 1.95. The van der Waals surface area contributed by atoms with Gasteiger partial charge in [0.15, 0.2) is 0 Å². The predicted molar refractivity (Wildman–Crippen MR) is 81.3 cm³/mol. The largest absolute Gasteiger partial charge is 0.488 e. The third-order valence-electron chi connectivity index (χ3n) is 3.80. The average Bonchev–Trinajstić information content (AvgIpc) is 2.42. The van der Waals surface area contributed by atoms with Crippen LogP contribution in [0.4, 0.5) is 5.69 Å². The maximum Gasteiger partial charge on any atom is 0.273 e. The number of halogens is 1. The van der Waals surface area contributed by atoms with Crippen LogP contribution in [-0.4, -0.2) is 24.1 Å². The van der Waals surface area contributed by atoms with Gasteiger partial charge in [-0.25, -0.2) is 0 Å². The van der Waals surface area contributed by atoms with Crippen molar-refractivity contribution in [2.75, 3.05) is 7.05 Å². The van der Waals surface area contributed by atoms with Crippen molar-refractivity contribution in [3.05, 3.63) is 32.3 Å². The van der Waals surface area contributed by atoms with E-state index in [1.165, 1.54) is 12.5 Å². The van der Waals surface area contributed by atoms with E-state index < -0.39 is 0 Å².